The van der Waals surface area contributed by atoms with Gasteiger partial charge in [0.25, 0.3) is 0 Å². The van der Waals surface area contributed by atoms with Crippen molar-refractivity contribution in [3.8, 4) is 17.2 Å². The first-order chi connectivity index (χ1) is 12.5. The van der Waals surface area contributed by atoms with Crippen LogP contribution < -0.4 is 24.8 Å². The van der Waals surface area contributed by atoms with Gasteiger partial charge in [0, 0.05) is 24.2 Å². The first-order valence-corrected chi connectivity index (χ1v) is 7.93. The summed E-state index contributed by atoms with van der Waals surface area (Å²) in [4.78, 5) is 23.7. The van der Waals surface area contributed by atoms with Crippen LogP contribution in [0.5, 0.6) is 17.2 Å². The number of methoxy groups -OCH3 is 3. The number of carbonyl (C=O) groups excluding carboxylic acids is 2. The molecule has 0 aliphatic carbocycles. The molecule has 0 heterocycles. The van der Waals surface area contributed by atoms with Crippen molar-refractivity contribution in [1.82, 2.24) is 0 Å². The molecule has 7 nitrogen and oxygen atoms in total. The predicted molar refractivity (Wildman–Crippen MR) is 99.2 cm³/mol. The highest BCUT2D eigenvalue weighted by atomic mass is 16.5. The summed E-state index contributed by atoms with van der Waals surface area (Å²) in [5.41, 5.74) is 1.77. The molecule has 2 aromatic carbocycles. The normalized spacial score (nSPS) is 10.0. The number of carbonyl (C=O) groups is 2. The summed E-state index contributed by atoms with van der Waals surface area (Å²) < 4.78 is 15.7. The molecular formula is C19H22N2O5. The third-order valence-electron chi connectivity index (χ3n) is 3.64. The zero-order valence-electron chi connectivity index (χ0n) is 15.2. The van der Waals surface area contributed by atoms with Crippen molar-refractivity contribution in [3.63, 3.8) is 0 Å². The van der Waals surface area contributed by atoms with E-state index >= 15 is 0 Å². The summed E-state index contributed by atoms with van der Waals surface area (Å²) in [5, 5.41) is 5.47. The third-order valence-corrected chi connectivity index (χ3v) is 3.64. The number of hydrogen-bond donors (Lipinski definition) is 2. The van der Waals surface area contributed by atoms with Crippen molar-refractivity contribution in [1.29, 1.82) is 0 Å². The van der Waals surface area contributed by atoms with Gasteiger partial charge in [-0.1, -0.05) is 6.07 Å². The second-order valence-corrected chi connectivity index (χ2v) is 5.50. The van der Waals surface area contributed by atoms with E-state index in [1.165, 1.54) is 14.0 Å². The Hall–Kier alpha value is -3.22. The van der Waals surface area contributed by atoms with Gasteiger partial charge in [-0.2, -0.15) is 0 Å². The van der Waals surface area contributed by atoms with Gasteiger partial charge in [0.05, 0.1) is 33.4 Å². The Balaban J connectivity index is 2.14. The van der Waals surface area contributed by atoms with E-state index in [-0.39, 0.29) is 18.2 Å². The van der Waals surface area contributed by atoms with E-state index < -0.39 is 0 Å². The van der Waals surface area contributed by atoms with Crippen LogP contribution in [0.3, 0.4) is 0 Å². The second kappa shape index (κ2) is 8.75. The van der Waals surface area contributed by atoms with Gasteiger partial charge in [-0.3, -0.25) is 9.59 Å². The molecule has 0 aliphatic heterocycles. The zero-order valence-corrected chi connectivity index (χ0v) is 15.2. The summed E-state index contributed by atoms with van der Waals surface area (Å²) in [7, 11) is 4.62. The third kappa shape index (κ3) is 4.89. The molecule has 2 rings (SSSR count). The SMILES string of the molecule is COc1ccc(CC(=O)Nc2ccc(OC)c(NC(C)=O)c2)c(OC)c1. The molecule has 0 bridgehead atoms. The van der Waals surface area contributed by atoms with Crippen molar-refractivity contribution >= 4 is 23.2 Å². The highest BCUT2D eigenvalue weighted by Gasteiger charge is 2.12. The van der Waals surface area contributed by atoms with Crippen LogP contribution in [0.2, 0.25) is 0 Å². The van der Waals surface area contributed by atoms with Crippen LogP contribution in [0.15, 0.2) is 36.4 Å². The Bertz CT molecular complexity index is 805. The highest BCUT2D eigenvalue weighted by Crippen LogP contribution is 2.28. The lowest BCUT2D eigenvalue weighted by molar-refractivity contribution is -0.116. The molecule has 2 N–H and O–H groups in total. The first-order valence-electron chi connectivity index (χ1n) is 7.93. The summed E-state index contributed by atoms with van der Waals surface area (Å²) >= 11 is 0. The Labute approximate surface area is 152 Å². The molecule has 0 aliphatic rings. The molecule has 0 saturated heterocycles. The Morgan fingerprint density at radius 2 is 1.62 bits per heavy atom. The van der Waals surface area contributed by atoms with Gasteiger partial charge in [0.1, 0.15) is 17.2 Å². The smallest absolute Gasteiger partial charge is 0.228 e. The van der Waals surface area contributed by atoms with Crippen LogP contribution in [-0.4, -0.2) is 33.1 Å². The van der Waals surface area contributed by atoms with Gasteiger partial charge in [-0.25, -0.2) is 0 Å². The van der Waals surface area contributed by atoms with Crippen LogP contribution in [0.25, 0.3) is 0 Å². The standard InChI is InChI=1S/C19H22N2O5/c1-12(22)20-16-10-14(6-8-17(16)25-3)21-19(23)9-13-5-7-15(24-2)11-18(13)26-4/h5-8,10-11H,9H2,1-4H3,(H,20,22)(H,21,23). The van der Waals surface area contributed by atoms with Gasteiger partial charge >= 0.3 is 0 Å². The van der Waals surface area contributed by atoms with Gasteiger partial charge < -0.3 is 24.8 Å². The average molecular weight is 358 g/mol. The maximum absolute atomic E-state index is 12.4. The first kappa shape index (κ1) is 19.1. The van der Waals surface area contributed by atoms with Crippen LogP contribution in [0.1, 0.15) is 12.5 Å². The number of hydrogen-bond acceptors (Lipinski definition) is 5. The van der Waals surface area contributed by atoms with E-state index in [0.29, 0.717) is 28.6 Å². The molecular weight excluding hydrogens is 336 g/mol. The minimum atomic E-state index is -0.227. The number of amides is 2. The molecule has 2 aromatic rings. The molecule has 0 aromatic heterocycles. The van der Waals surface area contributed by atoms with Crippen LogP contribution in [0, 0.1) is 0 Å². The van der Waals surface area contributed by atoms with Crippen molar-refractivity contribution in [2.75, 3.05) is 32.0 Å². The lowest BCUT2D eigenvalue weighted by Crippen LogP contribution is -2.15. The fourth-order valence-electron chi connectivity index (χ4n) is 2.45. The van der Waals surface area contributed by atoms with Gasteiger partial charge in [0.2, 0.25) is 11.8 Å². The van der Waals surface area contributed by atoms with Gasteiger partial charge in [-0.15, -0.1) is 0 Å². The molecule has 138 valence electrons. The molecule has 26 heavy (non-hydrogen) atoms. The van der Waals surface area contributed by atoms with Crippen molar-refractivity contribution in [2.45, 2.75) is 13.3 Å². The minimum Gasteiger partial charge on any atom is -0.497 e. The van der Waals surface area contributed by atoms with Gasteiger partial charge in [-0.05, 0) is 24.3 Å². The molecule has 0 atom stereocenters. The molecule has 0 spiro atoms. The van der Waals surface area contributed by atoms with E-state index in [4.69, 9.17) is 14.2 Å². The monoisotopic (exact) mass is 358 g/mol. The minimum absolute atomic E-state index is 0.134. The van der Waals surface area contributed by atoms with Crippen LogP contribution >= 0.6 is 0 Å². The number of rotatable bonds is 7. The topological polar surface area (TPSA) is 85.9 Å². The molecule has 7 heteroatoms. The lowest BCUT2D eigenvalue weighted by atomic mass is 10.1. The molecule has 0 fully saturated rings. The number of ether oxygens (including phenoxy) is 3. The molecule has 0 radical (unpaired) electrons. The maximum Gasteiger partial charge on any atom is 0.228 e. The fourth-order valence-corrected chi connectivity index (χ4v) is 2.45. The van der Waals surface area contributed by atoms with Crippen LogP contribution in [-0.2, 0) is 16.0 Å². The molecule has 2 amide bonds. The van der Waals surface area contributed by atoms with Crippen LogP contribution in [0.4, 0.5) is 11.4 Å². The van der Waals surface area contributed by atoms with Gasteiger partial charge in [0.15, 0.2) is 0 Å². The van der Waals surface area contributed by atoms with E-state index in [0.717, 1.165) is 5.56 Å². The number of anilines is 2. The fraction of sp³-hybridized carbons (Fsp3) is 0.263. The Morgan fingerprint density at radius 3 is 2.23 bits per heavy atom. The van der Waals surface area contributed by atoms with E-state index in [9.17, 15) is 9.59 Å². The summed E-state index contributed by atoms with van der Waals surface area (Å²) in [6.07, 6.45) is 0.134. The molecule has 0 saturated carbocycles. The van der Waals surface area contributed by atoms with Crippen molar-refractivity contribution in [3.05, 3.63) is 42.0 Å². The van der Waals surface area contributed by atoms with E-state index in [1.54, 1.807) is 50.6 Å². The highest BCUT2D eigenvalue weighted by molar-refractivity contribution is 5.95. The predicted octanol–water partition coefficient (Wildman–Crippen LogP) is 2.85. The zero-order chi connectivity index (χ0) is 19.1. The Kier molecular flexibility index (Phi) is 6.43. The Morgan fingerprint density at radius 1 is 0.885 bits per heavy atom. The summed E-state index contributed by atoms with van der Waals surface area (Å²) in [5.74, 6) is 1.30. The lowest BCUT2D eigenvalue weighted by Gasteiger charge is -2.13. The second-order valence-electron chi connectivity index (χ2n) is 5.50. The number of benzene rings is 2. The van der Waals surface area contributed by atoms with Crippen molar-refractivity contribution in [2.24, 2.45) is 0 Å². The molecule has 0 unspecified atom stereocenters. The van der Waals surface area contributed by atoms with Crippen molar-refractivity contribution < 1.29 is 23.8 Å². The van der Waals surface area contributed by atoms with E-state index in [2.05, 4.69) is 10.6 Å². The summed E-state index contributed by atoms with van der Waals surface area (Å²) in [6.45, 7) is 1.40. The number of nitrogens with one attached hydrogen (secondary N) is 2. The maximum atomic E-state index is 12.4. The largest absolute Gasteiger partial charge is 0.497 e. The average Bonchev–Trinajstić information content (AvgIpc) is 2.61. The summed E-state index contributed by atoms with van der Waals surface area (Å²) in [6, 6.07) is 10.3. The van der Waals surface area contributed by atoms with E-state index in [1.807, 2.05) is 0 Å². The quantitative estimate of drug-likeness (QED) is 0.795.